The average Bonchev–Trinajstić information content (AvgIpc) is 2.91. The van der Waals surface area contributed by atoms with Gasteiger partial charge in [-0.3, -0.25) is 4.55 Å². The van der Waals surface area contributed by atoms with Crippen molar-refractivity contribution in [3.63, 3.8) is 0 Å². The van der Waals surface area contributed by atoms with Gasteiger partial charge < -0.3 is 20.9 Å². The van der Waals surface area contributed by atoms with Gasteiger partial charge in [-0.25, -0.2) is 9.59 Å². The van der Waals surface area contributed by atoms with Crippen LogP contribution in [-0.2, 0) is 25.8 Å². The van der Waals surface area contributed by atoms with Gasteiger partial charge in [0.2, 0.25) is 0 Å². The molecule has 0 aliphatic heterocycles. The first kappa shape index (κ1) is 30.6. The minimum absolute atomic E-state index is 0.000414. The molecule has 0 amide bonds. The van der Waals surface area contributed by atoms with Crippen LogP contribution < -0.4 is 11.5 Å². The van der Waals surface area contributed by atoms with Crippen molar-refractivity contribution in [3.8, 4) is 0 Å². The summed E-state index contributed by atoms with van der Waals surface area (Å²) in [5, 5.41) is 14.9. The number of azo groups is 2. The third-order valence-corrected chi connectivity index (χ3v) is 6.38. The molecule has 13 nitrogen and oxygen atoms in total. The molecule has 3 aromatic rings. The van der Waals surface area contributed by atoms with Crippen molar-refractivity contribution >= 4 is 56.2 Å². The Labute approximate surface area is 230 Å². The Bertz CT molecular complexity index is 1710. The summed E-state index contributed by atoms with van der Waals surface area (Å²) in [5.41, 5.74) is 7.76. The van der Waals surface area contributed by atoms with Crippen LogP contribution in [0, 0.1) is 6.92 Å². The van der Waals surface area contributed by atoms with E-state index in [0.29, 0.717) is 11.6 Å². The van der Waals surface area contributed by atoms with E-state index in [9.17, 15) is 35.7 Å². The second-order valence-electron chi connectivity index (χ2n) is 8.13. The summed E-state index contributed by atoms with van der Waals surface area (Å²) in [6, 6.07) is 7.26. The number of anilines is 2. The minimum Gasteiger partial charge on any atom is -0.465 e. The third-order valence-electron chi connectivity index (χ3n) is 5.48. The molecule has 0 saturated carbocycles. The van der Waals surface area contributed by atoms with Crippen molar-refractivity contribution in [2.24, 2.45) is 20.5 Å². The van der Waals surface area contributed by atoms with E-state index in [1.807, 2.05) is 0 Å². The van der Waals surface area contributed by atoms with Crippen molar-refractivity contribution in [1.82, 2.24) is 0 Å². The number of ether oxygens (including phenoxy) is 2. The second-order valence-corrected chi connectivity index (χ2v) is 9.52. The number of nitrogens with two attached hydrogens (primary N) is 2. The van der Waals surface area contributed by atoms with E-state index in [1.54, 1.807) is 0 Å². The zero-order chi connectivity index (χ0) is 30.7. The molecular weight excluding hydrogens is 573 g/mol. The van der Waals surface area contributed by atoms with Crippen LogP contribution in [0.5, 0.6) is 0 Å². The number of carbonyl (C=O) groups is 2. The lowest BCUT2D eigenvalue weighted by atomic mass is 10.0. The summed E-state index contributed by atoms with van der Waals surface area (Å²) in [4.78, 5) is 23.5. The predicted molar refractivity (Wildman–Crippen MR) is 139 cm³/mol. The molecule has 5 N–H and O–H groups in total. The molecule has 0 radical (unpaired) electrons. The first-order chi connectivity index (χ1) is 19.1. The van der Waals surface area contributed by atoms with Crippen molar-refractivity contribution in [2.45, 2.75) is 18.0 Å². The molecule has 0 aromatic heterocycles. The standard InChI is InChI=1S/C24H21F3N6O7S/c1-11-8-13(23(35)40-3)16(9-12(11)22(34)39-2)31-33-21-19(28)17(10-18(20(21)29)41(36,37)38)32-30-15-7-5-4-6-14(15)24(25,26)27/h4-10H,28-29H2,1-3H3,(H,36,37,38). The van der Waals surface area contributed by atoms with Gasteiger partial charge in [0, 0.05) is 0 Å². The van der Waals surface area contributed by atoms with Crippen LogP contribution in [0.4, 0.5) is 47.3 Å². The molecule has 3 aromatic carbocycles. The number of benzene rings is 3. The molecule has 0 unspecified atom stereocenters. The number of halogens is 3. The van der Waals surface area contributed by atoms with Crippen LogP contribution in [0.1, 0.15) is 31.8 Å². The SMILES string of the molecule is COC(=O)c1cc(N=Nc2c(N)c(N=Nc3ccccc3C(F)(F)F)cc(S(=O)(=O)O)c2N)c(C(=O)OC)cc1C. The molecule has 0 fully saturated rings. The number of rotatable bonds is 7. The Morgan fingerprint density at radius 3 is 1.98 bits per heavy atom. The fourth-order valence-corrected chi connectivity index (χ4v) is 4.10. The van der Waals surface area contributed by atoms with Gasteiger partial charge >= 0.3 is 18.1 Å². The number of nitrogens with zero attached hydrogens (tertiary/aromatic N) is 4. The van der Waals surface area contributed by atoms with Gasteiger partial charge in [-0.2, -0.15) is 21.6 Å². The molecule has 0 saturated heterocycles. The Balaban J connectivity index is 2.25. The summed E-state index contributed by atoms with van der Waals surface area (Å²) in [6.45, 7) is 1.51. The van der Waals surface area contributed by atoms with E-state index >= 15 is 0 Å². The molecule has 17 heteroatoms. The van der Waals surface area contributed by atoms with Gasteiger partial charge in [0.05, 0.1) is 48.0 Å². The molecule has 0 aliphatic rings. The molecule has 0 bridgehead atoms. The van der Waals surface area contributed by atoms with E-state index in [0.717, 1.165) is 38.5 Å². The number of hydrogen-bond donors (Lipinski definition) is 3. The van der Waals surface area contributed by atoms with Crippen LogP contribution >= 0.6 is 0 Å². The summed E-state index contributed by atoms with van der Waals surface area (Å²) in [7, 11) is -2.83. The molecule has 0 heterocycles. The number of alkyl halides is 3. The van der Waals surface area contributed by atoms with E-state index in [-0.39, 0.29) is 16.8 Å². The maximum Gasteiger partial charge on any atom is 0.418 e. The first-order valence-corrected chi connectivity index (χ1v) is 12.5. The maximum absolute atomic E-state index is 13.3. The van der Waals surface area contributed by atoms with Gasteiger partial charge in [-0.1, -0.05) is 12.1 Å². The van der Waals surface area contributed by atoms with Crippen molar-refractivity contribution in [2.75, 3.05) is 25.7 Å². The van der Waals surface area contributed by atoms with Gasteiger partial charge in [-0.05, 0) is 42.8 Å². The van der Waals surface area contributed by atoms with Crippen LogP contribution in [0.2, 0.25) is 0 Å². The molecule has 216 valence electrons. The quantitative estimate of drug-likeness (QED) is 0.130. The van der Waals surface area contributed by atoms with E-state index in [4.69, 9.17) is 20.9 Å². The molecule has 0 spiro atoms. The van der Waals surface area contributed by atoms with Gasteiger partial charge in [-0.15, -0.1) is 20.5 Å². The maximum atomic E-state index is 13.3. The lowest BCUT2D eigenvalue weighted by molar-refractivity contribution is -0.137. The van der Waals surface area contributed by atoms with E-state index in [1.165, 1.54) is 19.1 Å². The Morgan fingerprint density at radius 2 is 1.39 bits per heavy atom. The normalized spacial score (nSPS) is 12.2. The number of esters is 2. The average molecular weight is 595 g/mol. The lowest BCUT2D eigenvalue weighted by Crippen LogP contribution is -2.08. The first-order valence-electron chi connectivity index (χ1n) is 11.1. The van der Waals surface area contributed by atoms with Gasteiger partial charge in [0.1, 0.15) is 22.0 Å². The third kappa shape index (κ3) is 6.64. The molecular formula is C24H21F3N6O7S. The minimum atomic E-state index is -5.04. The molecule has 3 rings (SSSR count). The number of hydrogen-bond acceptors (Lipinski definition) is 12. The number of methoxy groups -OCH3 is 2. The highest BCUT2D eigenvalue weighted by Gasteiger charge is 2.33. The number of carbonyl (C=O) groups excluding carboxylic acids is 2. The van der Waals surface area contributed by atoms with Crippen LogP contribution in [-0.4, -0.2) is 39.1 Å². The van der Waals surface area contributed by atoms with E-state index in [2.05, 4.69) is 20.5 Å². The fraction of sp³-hybridized carbons (Fsp3) is 0.167. The smallest absolute Gasteiger partial charge is 0.418 e. The monoisotopic (exact) mass is 594 g/mol. The van der Waals surface area contributed by atoms with Crippen molar-refractivity contribution in [1.29, 1.82) is 0 Å². The second kappa shape index (κ2) is 11.7. The largest absolute Gasteiger partial charge is 0.465 e. The highest BCUT2D eigenvalue weighted by atomic mass is 32.2. The Morgan fingerprint density at radius 1 is 0.829 bits per heavy atom. The van der Waals surface area contributed by atoms with Crippen LogP contribution in [0.15, 0.2) is 67.8 Å². The summed E-state index contributed by atoms with van der Waals surface area (Å²) >= 11 is 0. The molecule has 0 aliphatic carbocycles. The lowest BCUT2D eigenvalue weighted by Gasteiger charge is -2.12. The number of aryl methyl sites for hydroxylation is 1. The Kier molecular flexibility index (Phi) is 8.73. The highest BCUT2D eigenvalue weighted by molar-refractivity contribution is 7.86. The highest BCUT2D eigenvalue weighted by Crippen LogP contribution is 2.44. The number of nitrogen functional groups attached to an aromatic ring is 2. The van der Waals surface area contributed by atoms with Gasteiger partial charge in [0.15, 0.2) is 0 Å². The van der Waals surface area contributed by atoms with Crippen molar-refractivity contribution < 1.29 is 45.2 Å². The summed E-state index contributed by atoms with van der Waals surface area (Å²) in [5.74, 6) is -1.64. The molecule has 41 heavy (non-hydrogen) atoms. The van der Waals surface area contributed by atoms with Crippen LogP contribution in [0.3, 0.4) is 0 Å². The summed E-state index contributed by atoms with van der Waals surface area (Å²) < 4.78 is 83.2. The zero-order valence-corrected chi connectivity index (χ0v) is 22.2. The topological polar surface area (TPSA) is 208 Å². The summed E-state index contributed by atoms with van der Waals surface area (Å²) in [6.07, 6.45) is -4.78. The van der Waals surface area contributed by atoms with Crippen LogP contribution in [0.25, 0.3) is 0 Å². The van der Waals surface area contributed by atoms with Crippen molar-refractivity contribution in [3.05, 3.63) is 64.7 Å². The fourth-order valence-electron chi connectivity index (χ4n) is 3.46. The molecule has 0 atom stereocenters. The zero-order valence-electron chi connectivity index (χ0n) is 21.4. The Hall–Kier alpha value is -4.90. The van der Waals surface area contributed by atoms with Gasteiger partial charge in [0.25, 0.3) is 10.1 Å². The predicted octanol–water partition coefficient (Wildman–Crippen LogP) is 5.83. The van der Waals surface area contributed by atoms with E-state index < -0.39 is 67.1 Å².